The van der Waals surface area contributed by atoms with E-state index in [0.29, 0.717) is 15.8 Å². The van der Waals surface area contributed by atoms with Gasteiger partial charge in [0.2, 0.25) is 0 Å². The Bertz CT molecular complexity index is 543. The Labute approximate surface area is 121 Å². The minimum Gasteiger partial charge on any atom is -0.396 e. The van der Waals surface area contributed by atoms with Crippen LogP contribution >= 0.6 is 11.3 Å². The maximum absolute atomic E-state index is 11.6. The predicted molar refractivity (Wildman–Crippen MR) is 78.8 cm³/mol. The van der Waals surface area contributed by atoms with E-state index in [4.69, 9.17) is 21.5 Å². The number of nitrogens with two attached hydrogens (primary N) is 2. The Balaban J connectivity index is 2.22. The molecule has 1 unspecified atom stereocenters. The highest BCUT2D eigenvalue weighted by atomic mass is 32.1. The summed E-state index contributed by atoms with van der Waals surface area (Å²) in [4.78, 5) is 13.8. The fraction of sp³-hybridized carbons (Fsp3) is 0.538. The van der Waals surface area contributed by atoms with Crippen LogP contribution in [0.15, 0.2) is 0 Å². The number of carbonyl (C=O) groups is 1. The van der Waals surface area contributed by atoms with Gasteiger partial charge < -0.3 is 21.1 Å². The Morgan fingerprint density at radius 1 is 1.65 bits per heavy atom. The fourth-order valence-corrected chi connectivity index (χ4v) is 3.44. The Hall–Kier alpha value is -1.78. The highest BCUT2D eigenvalue weighted by Crippen LogP contribution is 2.37. The smallest absolute Gasteiger partial charge is 0.253 e. The molecule has 1 amide bonds. The number of nitriles is 1. The first-order valence-corrected chi connectivity index (χ1v) is 7.27. The van der Waals surface area contributed by atoms with E-state index in [0.717, 1.165) is 32.6 Å². The molecule has 1 fully saturated rings. The summed E-state index contributed by atoms with van der Waals surface area (Å²) in [6.07, 6.45) is 2.15. The molecule has 1 aliphatic heterocycles. The lowest BCUT2D eigenvalue weighted by Crippen LogP contribution is -2.31. The number of carbonyl (C=O) groups excluding carboxylic acids is 1. The molecule has 2 rings (SSSR count). The molecule has 1 aliphatic rings. The second-order valence-corrected chi connectivity index (χ2v) is 5.96. The van der Waals surface area contributed by atoms with E-state index < -0.39 is 5.91 Å². The molecule has 7 heteroatoms. The quantitative estimate of drug-likeness (QED) is 0.867. The van der Waals surface area contributed by atoms with Gasteiger partial charge in [0.05, 0.1) is 17.9 Å². The average Bonchev–Trinajstić information content (AvgIpc) is 2.77. The Kier molecular flexibility index (Phi) is 4.47. The summed E-state index contributed by atoms with van der Waals surface area (Å²) < 4.78 is 5.45. The van der Waals surface area contributed by atoms with Gasteiger partial charge in [-0.15, -0.1) is 11.3 Å². The van der Waals surface area contributed by atoms with Gasteiger partial charge in [-0.3, -0.25) is 4.79 Å². The SMILES string of the molecule is CN(CC1CCCOC1)c1sc(C#N)c(N)c1C(N)=O. The van der Waals surface area contributed by atoms with E-state index in [2.05, 4.69) is 0 Å². The number of nitrogens with zero attached hydrogens (tertiary/aromatic N) is 2. The van der Waals surface area contributed by atoms with Crippen molar-refractivity contribution in [3.05, 3.63) is 10.4 Å². The lowest BCUT2D eigenvalue weighted by atomic mass is 10.0. The van der Waals surface area contributed by atoms with Gasteiger partial charge in [-0.1, -0.05) is 0 Å². The molecule has 20 heavy (non-hydrogen) atoms. The lowest BCUT2D eigenvalue weighted by Gasteiger charge is -2.28. The van der Waals surface area contributed by atoms with Crippen molar-refractivity contribution in [1.29, 1.82) is 5.26 Å². The van der Waals surface area contributed by atoms with Crippen LogP contribution in [0, 0.1) is 17.2 Å². The van der Waals surface area contributed by atoms with E-state index in [1.165, 1.54) is 11.3 Å². The normalized spacial score (nSPS) is 18.5. The van der Waals surface area contributed by atoms with Crippen molar-refractivity contribution in [2.24, 2.45) is 11.7 Å². The number of anilines is 2. The molecule has 0 aromatic carbocycles. The van der Waals surface area contributed by atoms with Gasteiger partial charge in [0, 0.05) is 20.2 Å². The topological polar surface area (TPSA) is 105 Å². The third-order valence-electron chi connectivity index (χ3n) is 3.41. The average molecular weight is 294 g/mol. The molecule has 1 atom stereocenters. The van der Waals surface area contributed by atoms with Gasteiger partial charge in [-0.2, -0.15) is 5.26 Å². The first-order valence-electron chi connectivity index (χ1n) is 6.45. The van der Waals surface area contributed by atoms with Crippen molar-refractivity contribution in [3.8, 4) is 6.07 Å². The minimum absolute atomic E-state index is 0.187. The summed E-state index contributed by atoms with van der Waals surface area (Å²) in [6, 6.07) is 2.00. The van der Waals surface area contributed by atoms with Gasteiger partial charge in [-0.05, 0) is 18.8 Å². The maximum atomic E-state index is 11.6. The molecule has 0 bridgehead atoms. The number of hydrogen-bond acceptors (Lipinski definition) is 6. The molecule has 108 valence electrons. The summed E-state index contributed by atoms with van der Waals surface area (Å²) in [5.74, 6) is -0.176. The number of ether oxygens (including phenoxy) is 1. The van der Waals surface area contributed by atoms with Crippen LogP contribution in [0.4, 0.5) is 10.7 Å². The monoisotopic (exact) mass is 294 g/mol. The van der Waals surface area contributed by atoms with E-state index in [1.807, 2.05) is 18.0 Å². The van der Waals surface area contributed by atoms with Crippen molar-refractivity contribution < 1.29 is 9.53 Å². The number of thiophene rings is 1. The summed E-state index contributed by atoms with van der Waals surface area (Å²) in [5, 5.41) is 9.69. The largest absolute Gasteiger partial charge is 0.396 e. The Morgan fingerprint density at radius 3 is 2.95 bits per heavy atom. The first kappa shape index (κ1) is 14.6. The van der Waals surface area contributed by atoms with Crippen LogP contribution in [0.1, 0.15) is 28.1 Å². The van der Waals surface area contributed by atoms with Gasteiger partial charge in [0.25, 0.3) is 5.91 Å². The summed E-state index contributed by atoms with van der Waals surface area (Å²) in [5.41, 5.74) is 11.6. The summed E-state index contributed by atoms with van der Waals surface area (Å²) in [7, 11) is 1.88. The van der Waals surface area contributed by atoms with E-state index in [1.54, 1.807) is 0 Å². The van der Waals surface area contributed by atoms with Gasteiger partial charge in [-0.25, -0.2) is 0 Å². The van der Waals surface area contributed by atoms with Crippen molar-refractivity contribution in [3.63, 3.8) is 0 Å². The van der Waals surface area contributed by atoms with Crippen LogP contribution in [0.3, 0.4) is 0 Å². The number of rotatable bonds is 4. The minimum atomic E-state index is -0.595. The van der Waals surface area contributed by atoms with Crippen LogP contribution in [-0.4, -0.2) is 32.7 Å². The van der Waals surface area contributed by atoms with Crippen molar-refractivity contribution in [2.75, 3.05) is 37.4 Å². The van der Waals surface area contributed by atoms with Gasteiger partial charge >= 0.3 is 0 Å². The highest BCUT2D eigenvalue weighted by molar-refractivity contribution is 7.17. The third kappa shape index (κ3) is 2.86. The highest BCUT2D eigenvalue weighted by Gasteiger charge is 2.24. The summed E-state index contributed by atoms with van der Waals surface area (Å²) in [6.45, 7) is 2.30. The van der Waals surface area contributed by atoms with E-state index in [-0.39, 0.29) is 11.3 Å². The fourth-order valence-electron chi connectivity index (χ4n) is 2.44. The predicted octanol–water partition coefficient (Wildman–Crippen LogP) is 1.16. The maximum Gasteiger partial charge on any atom is 0.253 e. The summed E-state index contributed by atoms with van der Waals surface area (Å²) >= 11 is 1.21. The molecule has 0 radical (unpaired) electrons. The molecule has 1 aromatic rings. The van der Waals surface area contributed by atoms with E-state index in [9.17, 15) is 4.79 Å². The van der Waals surface area contributed by atoms with Crippen molar-refractivity contribution >= 4 is 27.9 Å². The molecular formula is C13H18N4O2S. The molecule has 0 saturated carbocycles. The van der Waals surface area contributed by atoms with Crippen LogP contribution in [-0.2, 0) is 4.74 Å². The van der Waals surface area contributed by atoms with Gasteiger partial charge in [0.15, 0.2) is 0 Å². The van der Waals surface area contributed by atoms with Crippen molar-refractivity contribution in [1.82, 2.24) is 0 Å². The number of nitrogen functional groups attached to an aromatic ring is 1. The van der Waals surface area contributed by atoms with Crippen LogP contribution in [0.2, 0.25) is 0 Å². The molecule has 1 aromatic heterocycles. The van der Waals surface area contributed by atoms with Crippen molar-refractivity contribution in [2.45, 2.75) is 12.8 Å². The van der Waals surface area contributed by atoms with E-state index >= 15 is 0 Å². The number of primary amides is 1. The molecule has 0 aliphatic carbocycles. The second-order valence-electron chi connectivity index (χ2n) is 4.96. The second kappa shape index (κ2) is 6.11. The van der Waals surface area contributed by atoms with Gasteiger partial charge in [0.1, 0.15) is 15.9 Å². The third-order valence-corrected chi connectivity index (χ3v) is 4.63. The molecular weight excluding hydrogens is 276 g/mol. The Morgan fingerprint density at radius 2 is 2.40 bits per heavy atom. The van der Waals surface area contributed by atoms with Crippen LogP contribution in [0.5, 0.6) is 0 Å². The lowest BCUT2D eigenvalue weighted by molar-refractivity contribution is 0.0577. The molecule has 4 N–H and O–H groups in total. The molecule has 1 saturated heterocycles. The first-order chi connectivity index (χ1) is 9.54. The molecule has 6 nitrogen and oxygen atoms in total. The number of amides is 1. The zero-order valence-electron chi connectivity index (χ0n) is 11.4. The molecule has 0 spiro atoms. The van der Waals surface area contributed by atoms with Crippen LogP contribution in [0.25, 0.3) is 0 Å². The standard InChI is InChI=1S/C13H18N4O2S/c1-17(6-8-3-2-4-19-7-8)13-10(12(16)18)11(15)9(5-14)20-13/h8H,2-4,6-7,15H2,1H3,(H2,16,18). The zero-order chi connectivity index (χ0) is 14.7. The number of hydrogen-bond donors (Lipinski definition) is 2. The van der Waals surface area contributed by atoms with Crippen LogP contribution < -0.4 is 16.4 Å². The zero-order valence-corrected chi connectivity index (χ0v) is 12.2. The molecule has 2 heterocycles.